The molecule has 148 valence electrons. The molecule has 0 spiro atoms. The molecule has 0 aromatic carbocycles. The third kappa shape index (κ3) is 11.4. The van der Waals surface area contributed by atoms with E-state index < -0.39 is 0 Å². The second-order valence-electron chi connectivity index (χ2n) is 7.20. The minimum absolute atomic E-state index is 0.706. The standard InChI is InChI=1S/C19H41N5O/c1-5-23-12-14-24(15-13-23)11-7-6-9-21-19(20-4)22-10-17-25-16-8-18(2)3/h18H,5-17H2,1-4H3,(H2,20,21,22). The number of nitrogens with zero attached hydrogens (tertiary/aromatic N) is 3. The zero-order chi connectivity index (χ0) is 18.3. The molecule has 0 saturated carbocycles. The van der Waals surface area contributed by atoms with Crippen LogP contribution in [0.1, 0.15) is 40.0 Å². The molecule has 1 aliphatic heterocycles. The fourth-order valence-electron chi connectivity index (χ4n) is 2.88. The first kappa shape index (κ1) is 22.2. The molecule has 6 nitrogen and oxygen atoms in total. The molecule has 0 amide bonds. The van der Waals surface area contributed by atoms with Crippen LogP contribution < -0.4 is 10.6 Å². The minimum atomic E-state index is 0.706. The highest BCUT2D eigenvalue weighted by molar-refractivity contribution is 5.79. The smallest absolute Gasteiger partial charge is 0.191 e. The Balaban J connectivity index is 1.95. The number of likely N-dealkylation sites (N-methyl/N-ethyl adjacent to an activating group) is 1. The Morgan fingerprint density at radius 1 is 1.00 bits per heavy atom. The van der Waals surface area contributed by atoms with Crippen molar-refractivity contribution in [2.24, 2.45) is 10.9 Å². The zero-order valence-electron chi connectivity index (χ0n) is 17.0. The molecule has 0 aliphatic carbocycles. The van der Waals surface area contributed by atoms with Crippen molar-refractivity contribution in [3.8, 4) is 0 Å². The lowest BCUT2D eigenvalue weighted by atomic mass is 10.1. The first-order chi connectivity index (χ1) is 12.2. The van der Waals surface area contributed by atoms with Gasteiger partial charge in [-0.05, 0) is 38.3 Å². The molecule has 1 heterocycles. The van der Waals surface area contributed by atoms with Crippen molar-refractivity contribution in [2.45, 2.75) is 40.0 Å². The van der Waals surface area contributed by atoms with Crippen LogP contribution in [0, 0.1) is 5.92 Å². The summed E-state index contributed by atoms with van der Waals surface area (Å²) in [5.74, 6) is 1.59. The lowest BCUT2D eigenvalue weighted by Crippen LogP contribution is -2.46. The zero-order valence-corrected chi connectivity index (χ0v) is 17.0. The highest BCUT2D eigenvalue weighted by Crippen LogP contribution is 2.02. The molecule has 1 saturated heterocycles. The van der Waals surface area contributed by atoms with Gasteiger partial charge in [0.15, 0.2) is 5.96 Å². The van der Waals surface area contributed by atoms with Gasteiger partial charge in [-0.25, -0.2) is 0 Å². The summed E-state index contributed by atoms with van der Waals surface area (Å²) in [5, 5.41) is 6.70. The monoisotopic (exact) mass is 355 g/mol. The number of guanidine groups is 1. The van der Waals surface area contributed by atoms with Crippen LogP contribution in [0.3, 0.4) is 0 Å². The van der Waals surface area contributed by atoms with Gasteiger partial charge in [-0.15, -0.1) is 0 Å². The van der Waals surface area contributed by atoms with Crippen molar-refractivity contribution in [3.63, 3.8) is 0 Å². The molecule has 0 unspecified atom stereocenters. The topological polar surface area (TPSA) is 52.1 Å². The maximum absolute atomic E-state index is 5.61. The van der Waals surface area contributed by atoms with Gasteiger partial charge >= 0.3 is 0 Å². The highest BCUT2D eigenvalue weighted by atomic mass is 16.5. The molecule has 1 rings (SSSR count). The summed E-state index contributed by atoms with van der Waals surface area (Å²) in [4.78, 5) is 9.38. The van der Waals surface area contributed by atoms with E-state index in [9.17, 15) is 0 Å². The van der Waals surface area contributed by atoms with Gasteiger partial charge in [-0.2, -0.15) is 0 Å². The van der Waals surface area contributed by atoms with Gasteiger partial charge in [-0.1, -0.05) is 20.8 Å². The van der Waals surface area contributed by atoms with E-state index in [0.717, 1.165) is 38.7 Å². The van der Waals surface area contributed by atoms with E-state index >= 15 is 0 Å². The van der Waals surface area contributed by atoms with Crippen LogP contribution >= 0.6 is 0 Å². The Labute approximate surface area is 155 Å². The molecule has 1 aliphatic rings. The van der Waals surface area contributed by atoms with Gasteiger partial charge < -0.3 is 25.2 Å². The van der Waals surface area contributed by atoms with E-state index in [1.807, 2.05) is 7.05 Å². The van der Waals surface area contributed by atoms with E-state index in [-0.39, 0.29) is 0 Å². The number of aliphatic imine (C=N–C) groups is 1. The van der Waals surface area contributed by atoms with Gasteiger partial charge in [0.05, 0.1) is 6.61 Å². The molecule has 0 aromatic rings. The molecule has 25 heavy (non-hydrogen) atoms. The van der Waals surface area contributed by atoms with Crippen LogP contribution in [-0.2, 0) is 4.74 Å². The van der Waals surface area contributed by atoms with Crippen molar-refractivity contribution in [1.82, 2.24) is 20.4 Å². The SMILES string of the molecule is CCN1CCN(CCCCNC(=NC)NCCOCCC(C)C)CC1. The Bertz CT molecular complexity index is 341. The van der Waals surface area contributed by atoms with Crippen molar-refractivity contribution >= 4 is 5.96 Å². The third-order valence-corrected chi connectivity index (χ3v) is 4.71. The van der Waals surface area contributed by atoms with Crippen molar-refractivity contribution in [1.29, 1.82) is 0 Å². The Kier molecular flexibility index (Phi) is 12.7. The summed E-state index contributed by atoms with van der Waals surface area (Å²) in [7, 11) is 1.82. The lowest BCUT2D eigenvalue weighted by molar-refractivity contribution is 0.128. The molecule has 0 atom stereocenters. The predicted octanol–water partition coefficient (Wildman–Crippen LogP) is 1.63. The van der Waals surface area contributed by atoms with Crippen molar-refractivity contribution < 1.29 is 4.74 Å². The number of rotatable bonds is 12. The summed E-state index contributed by atoms with van der Waals surface area (Å²) in [6.07, 6.45) is 3.55. The largest absolute Gasteiger partial charge is 0.380 e. The average molecular weight is 356 g/mol. The van der Waals surface area contributed by atoms with Gasteiger partial charge in [0.2, 0.25) is 0 Å². The molecule has 0 aromatic heterocycles. The molecule has 0 radical (unpaired) electrons. The van der Waals surface area contributed by atoms with Gasteiger partial charge in [0, 0.05) is 52.9 Å². The maximum Gasteiger partial charge on any atom is 0.191 e. The lowest BCUT2D eigenvalue weighted by Gasteiger charge is -2.34. The first-order valence-electron chi connectivity index (χ1n) is 10.1. The maximum atomic E-state index is 5.61. The van der Waals surface area contributed by atoms with Crippen LogP contribution in [0.2, 0.25) is 0 Å². The molecular weight excluding hydrogens is 314 g/mol. The molecule has 0 bridgehead atoms. The summed E-state index contributed by atoms with van der Waals surface area (Å²) >= 11 is 0. The van der Waals surface area contributed by atoms with E-state index in [2.05, 4.69) is 46.2 Å². The number of ether oxygens (including phenoxy) is 1. The van der Waals surface area contributed by atoms with Crippen LogP contribution in [0.15, 0.2) is 4.99 Å². The second-order valence-corrected chi connectivity index (χ2v) is 7.20. The van der Waals surface area contributed by atoms with Gasteiger partial charge in [-0.3, -0.25) is 4.99 Å². The average Bonchev–Trinajstić information content (AvgIpc) is 2.62. The predicted molar refractivity (Wildman–Crippen MR) is 107 cm³/mol. The molecule has 1 fully saturated rings. The van der Waals surface area contributed by atoms with Crippen LogP contribution in [0.25, 0.3) is 0 Å². The second kappa shape index (κ2) is 14.3. The number of piperazine rings is 1. The van der Waals surface area contributed by atoms with Crippen molar-refractivity contribution in [2.75, 3.05) is 72.6 Å². The summed E-state index contributed by atoms with van der Waals surface area (Å²) in [5.41, 5.74) is 0. The minimum Gasteiger partial charge on any atom is -0.380 e. The number of hydrogen-bond donors (Lipinski definition) is 2. The van der Waals surface area contributed by atoms with Crippen LogP contribution in [0.5, 0.6) is 0 Å². The number of hydrogen-bond acceptors (Lipinski definition) is 4. The molecule has 6 heteroatoms. The van der Waals surface area contributed by atoms with Crippen LogP contribution in [-0.4, -0.2) is 88.4 Å². The fraction of sp³-hybridized carbons (Fsp3) is 0.947. The van der Waals surface area contributed by atoms with E-state index in [4.69, 9.17) is 4.74 Å². The van der Waals surface area contributed by atoms with Gasteiger partial charge in [0.25, 0.3) is 0 Å². The quantitative estimate of drug-likeness (QED) is 0.317. The Morgan fingerprint density at radius 2 is 1.68 bits per heavy atom. The number of nitrogens with one attached hydrogen (secondary N) is 2. The number of unbranched alkanes of at least 4 members (excludes halogenated alkanes) is 1. The summed E-state index contributed by atoms with van der Waals surface area (Å²) < 4.78 is 5.61. The Morgan fingerprint density at radius 3 is 2.32 bits per heavy atom. The van der Waals surface area contributed by atoms with E-state index in [1.165, 1.54) is 52.1 Å². The summed E-state index contributed by atoms with van der Waals surface area (Å²) in [6, 6.07) is 0. The van der Waals surface area contributed by atoms with E-state index in [1.54, 1.807) is 0 Å². The fourth-order valence-corrected chi connectivity index (χ4v) is 2.88. The normalized spacial score (nSPS) is 17.2. The summed E-state index contributed by atoms with van der Waals surface area (Å²) in [6.45, 7) is 17.4. The molecular formula is C19H41N5O. The van der Waals surface area contributed by atoms with E-state index in [0.29, 0.717) is 5.92 Å². The van der Waals surface area contributed by atoms with Crippen LogP contribution in [0.4, 0.5) is 0 Å². The third-order valence-electron chi connectivity index (χ3n) is 4.71. The first-order valence-corrected chi connectivity index (χ1v) is 10.1. The van der Waals surface area contributed by atoms with Gasteiger partial charge in [0.1, 0.15) is 0 Å². The highest BCUT2D eigenvalue weighted by Gasteiger charge is 2.14. The van der Waals surface area contributed by atoms with Crippen molar-refractivity contribution in [3.05, 3.63) is 0 Å². The Hall–Kier alpha value is -0.850. The molecule has 2 N–H and O–H groups in total.